The molecule has 2 heterocycles. The van der Waals surface area contributed by atoms with Gasteiger partial charge in [0.25, 0.3) is 0 Å². The molecule has 0 aromatic heterocycles. The van der Waals surface area contributed by atoms with E-state index in [1.807, 2.05) is 4.90 Å². The highest BCUT2D eigenvalue weighted by Gasteiger charge is 2.28. The van der Waals surface area contributed by atoms with Crippen LogP contribution >= 0.6 is 12.2 Å². The number of amides is 1. The molecule has 2 saturated heterocycles. The predicted octanol–water partition coefficient (Wildman–Crippen LogP) is 2.31. The number of carbonyl (C=O) groups is 1. The summed E-state index contributed by atoms with van der Waals surface area (Å²) in [7, 11) is 0. The minimum atomic E-state index is -0.648. The largest absolute Gasteiger partial charge is 0.379 e. The van der Waals surface area contributed by atoms with Crippen LogP contribution in [0.1, 0.15) is 19.8 Å². The predicted molar refractivity (Wildman–Crippen MR) is 112 cm³/mol. The van der Waals surface area contributed by atoms with Gasteiger partial charge in [0.2, 0.25) is 5.91 Å². The fourth-order valence-electron chi connectivity index (χ4n) is 3.84. The average molecular weight is 427 g/mol. The van der Waals surface area contributed by atoms with Crippen LogP contribution in [0.5, 0.6) is 0 Å². The van der Waals surface area contributed by atoms with Crippen molar-refractivity contribution < 1.29 is 18.3 Å². The summed E-state index contributed by atoms with van der Waals surface area (Å²) in [5.74, 6) is -1.21. The van der Waals surface area contributed by atoms with Crippen LogP contribution < -0.4 is 5.32 Å². The Morgan fingerprint density at radius 2 is 1.79 bits per heavy atom. The highest BCUT2D eigenvalue weighted by molar-refractivity contribution is 7.80. The van der Waals surface area contributed by atoms with E-state index in [1.165, 1.54) is 12.1 Å². The van der Waals surface area contributed by atoms with Crippen molar-refractivity contribution in [2.24, 2.45) is 0 Å². The van der Waals surface area contributed by atoms with Crippen LogP contribution in [-0.2, 0) is 9.53 Å². The van der Waals surface area contributed by atoms with E-state index in [-0.39, 0.29) is 11.9 Å². The molecular weight excluding hydrogens is 398 g/mol. The number of halogens is 2. The van der Waals surface area contributed by atoms with Gasteiger partial charge < -0.3 is 19.9 Å². The van der Waals surface area contributed by atoms with Gasteiger partial charge in [0.05, 0.1) is 13.2 Å². The van der Waals surface area contributed by atoms with Crippen LogP contribution in [0.15, 0.2) is 18.2 Å². The van der Waals surface area contributed by atoms with Crippen molar-refractivity contribution in [1.29, 1.82) is 0 Å². The lowest BCUT2D eigenvalue weighted by Crippen LogP contribution is -2.52. The number of piperidine rings is 1. The average Bonchev–Trinajstić information content (AvgIpc) is 2.68. The standard InChI is InChI=1S/C20H28F2N4O2S/c1-15(27)25-4-2-19(3-5-25)26(7-6-24-8-10-28-11-9-24)20(29)23-18-13-16(21)12-17(22)14-18/h12-14,19H,2-11H2,1H3,(H,23,29). The maximum Gasteiger partial charge on any atom is 0.219 e. The molecule has 1 aromatic rings. The Kier molecular flexibility index (Phi) is 7.74. The zero-order valence-electron chi connectivity index (χ0n) is 16.7. The van der Waals surface area contributed by atoms with Crippen LogP contribution in [-0.4, -0.2) is 84.2 Å². The summed E-state index contributed by atoms with van der Waals surface area (Å²) in [5, 5.41) is 3.44. The fourth-order valence-corrected chi connectivity index (χ4v) is 4.20. The van der Waals surface area contributed by atoms with Gasteiger partial charge in [-0.2, -0.15) is 0 Å². The molecule has 1 N–H and O–H groups in total. The number of hydrogen-bond donors (Lipinski definition) is 1. The second-order valence-corrected chi connectivity index (χ2v) is 7.86. The van der Waals surface area contributed by atoms with E-state index in [4.69, 9.17) is 17.0 Å². The molecule has 0 unspecified atom stereocenters. The van der Waals surface area contributed by atoms with E-state index in [0.717, 1.165) is 51.8 Å². The molecule has 6 nitrogen and oxygen atoms in total. The van der Waals surface area contributed by atoms with Gasteiger partial charge in [-0.25, -0.2) is 8.78 Å². The van der Waals surface area contributed by atoms with Crippen molar-refractivity contribution in [3.05, 3.63) is 29.8 Å². The lowest BCUT2D eigenvalue weighted by atomic mass is 10.0. The molecular formula is C20H28F2N4O2S. The van der Waals surface area contributed by atoms with Crippen LogP contribution in [0.3, 0.4) is 0 Å². The molecule has 9 heteroatoms. The number of carbonyl (C=O) groups excluding carboxylic acids is 1. The minimum Gasteiger partial charge on any atom is -0.379 e. The van der Waals surface area contributed by atoms with E-state index >= 15 is 0 Å². The smallest absolute Gasteiger partial charge is 0.219 e. The number of hydrogen-bond acceptors (Lipinski definition) is 4. The molecule has 0 radical (unpaired) electrons. The van der Waals surface area contributed by atoms with Gasteiger partial charge in [0, 0.05) is 64.0 Å². The molecule has 2 aliphatic heterocycles. The van der Waals surface area contributed by atoms with E-state index < -0.39 is 11.6 Å². The topological polar surface area (TPSA) is 48.1 Å². The highest BCUT2D eigenvalue weighted by atomic mass is 32.1. The van der Waals surface area contributed by atoms with Crippen molar-refractivity contribution in [3.8, 4) is 0 Å². The van der Waals surface area contributed by atoms with Gasteiger partial charge in [0.1, 0.15) is 11.6 Å². The lowest BCUT2D eigenvalue weighted by Gasteiger charge is -2.40. The van der Waals surface area contributed by atoms with E-state index in [9.17, 15) is 13.6 Å². The molecule has 1 aromatic carbocycles. The van der Waals surface area contributed by atoms with Crippen LogP contribution in [0, 0.1) is 11.6 Å². The SMILES string of the molecule is CC(=O)N1CCC(N(CCN2CCOCC2)C(=S)Nc2cc(F)cc(F)c2)CC1. The normalized spacial score (nSPS) is 18.5. The highest BCUT2D eigenvalue weighted by Crippen LogP contribution is 2.20. The number of morpholine rings is 1. The number of likely N-dealkylation sites (tertiary alicyclic amines) is 1. The Labute approximate surface area is 175 Å². The number of thiocarbonyl (C=S) groups is 1. The molecule has 0 aliphatic carbocycles. The molecule has 2 fully saturated rings. The molecule has 0 bridgehead atoms. The maximum atomic E-state index is 13.6. The number of benzene rings is 1. The molecule has 1 amide bonds. The summed E-state index contributed by atoms with van der Waals surface area (Å²) < 4.78 is 32.5. The number of nitrogens with zero attached hydrogens (tertiary/aromatic N) is 3. The monoisotopic (exact) mass is 426 g/mol. The third-order valence-electron chi connectivity index (χ3n) is 5.49. The summed E-state index contributed by atoms with van der Waals surface area (Å²) in [6.45, 7) is 7.70. The zero-order valence-corrected chi connectivity index (χ0v) is 17.5. The van der Waals surface area contributed by atoms with Crippen molar-refractivity contribution >= 4 is 28.9 Å². The van der Waals surface area contributed by atoms with Gasteiger partial charge >= 0.3 is 0 Å². The zero-order chi connectivity index (χ0) is 20.8. The first kappa shape index (κ1) is 21.9. The Morgan fingerprint density at radius 1 is 1.17 bits per heavy atom. The summed E-state index contributed by atoms with van der Waals surface area (Å²) in [6, 6.07) is 3.47. The second-order valence-electron chi connectivity index (χ2n) is 7.47. The van der Waals surface area contributed by atoms with Gasteiger partial charge in [-0.15, -0.1) is 0 Å². The van der Waals surface area contributed by atoms with Crippen LogP contribution in [0.4, 0.5) is 14.5 Å². The first-order valence-corrected chi connectivity index (χ1v) is 10.4. The molecule has 0 saturated carbocycles. The van der Waals surface area contributed by atoms with Gasteiger partial charge in [-0.3, -0.25) is 9.69 Å². The fraction of sp³-hybridized carbons (Fsp3) is 0.600. The van der Waals surface area contributed by atoms with E-state index in [2.05, 4.69) is 15.1 Å². The molecule has 0 atom stereocenters. The van der Waals surface area contributed by atoms with Crippen molar-refractivity contribution in [3.63, 3.8) is 0 Å². The molecule has 3 rings (SSSR count). The van der Waals surface area contributed by atoms with Gasteiger partial charge in [-0.05, 0) is 37.2 Å². The van der Waals surface area contributed by atoms with Crippen molar-refractivity contribution in [2.45, 2.75) is 25.8 Å². The third kappa shape index (κ3) is 6.32. The first-order valence-electron chi connectivity index (χ1n) is 10.0. The van der Waals surface area contributed by atoms with Crippen LogP contribution in [0.25, 0.3) is 0 Å². The lowest BCUT2D eigenvalue weighted by molar-refractivity contribution is -0.130. The van der Waals surface area contributed by atoms with Gasteiger partial charge in [0.15, 0.2) is 5.11 Å². The Balaban J connectivity index is 1.67. The quantitative estimate of drug-likeness (QED) is 0.730. The van der Waals surface area contributed by atoms with Crippen molar-refractivity contribution in [1.82, 2.24) is 14.7 Å². The van der Waals surface area contributed by atoms with E-state index in [0.29, 0.717) is 30.4 Å². The number of ether oxygens (including phenoxy) is 1. The first-order chi connectivity index (χ1) is 13.9. The maximum absolute atomic E-state index is 13.6. The van der Waals surface area contributed by atoms with Gasteiger partial charge in [-0.1, -0.05) is 0 Å². The Hall–Kier alpha value is -1.84. The Bertz CT molecular complexity index is 702. The number of nitrogens with one attached hydrogen (secondary N) is 1. The minimum absolute atomic E-state index is 0.0826. The molecule has 160 valence electrons. The third-order valence-corrected chi connectivity index (χ3v) is 5.82. The Morgan fingerprint density at radius 3 is 2.38 bits per heavy atom. The molecule has 0 spiro atoms. The summed E-state index contributed by atoms with van der Waals surface area (Å²) in [5.41, 5.74) is 0.296. The summed E-state index contributed by atoms with van der Waals surface area (Å²) >= 11 is 5.62. The summed E-state index contributed by atoms with van der Waals surface area (Å²) in [6.07, 6.45) is 1.62. The number of anilines is 1. The second kappa shape index (κ2) is 10.3. The molecule has 2 aliphatic rings. The number of rotatable bonds is 5. The molecule has 29 heavy (non-hydrogen) atoms. The van der Waals surface area contributed by atoms with E-state index in [1.54, 1.807) is 6.92 Å². The van der Waals surface area contributed by atoms with Crippen molar-refractivity contribution in [2.75, 3.05) is 57.8 Å². The summed E-state index contributed by atoms with van der Waals surface area (Å²) in [4.78, 5) is 17.9. The van der Waals surface area contributed by atoms with Crippen LogP contribution in [0.2, 0.25) is 0 Å².